The average Bonchev–Trinajstić information content (AvgIpc) is 1.80. The minimum atomic E-state index is -1.64. The van der Waals surface area contributed by atoms with Crippen LogP contribution in [0.1, 0.15) is 0 Å². The van der Waals surface area contributed by atoms with Crippen LogP contribution in [-0.2, 0) is 4.79 Å². The molecule has 0 saturated heterocycles. The van der Waals surface area contributed by atoms with Crippen molar-refractivity contribution in [2.24, 2.45) is 4.99 Å². The number of hydrogen-bond acceptors (Lipinski definition) is 2. The van der Waals surface area contributed by atoms with Gasteiger partial charge >= 0.3 is 0 Å². The topological polar surface area (TPSA) is 41.5 Å². The Kier molecular flexibility index (Phi) is 1.52. The van der Waals surface area contributed by atoms with Crippen LogP contribution in [0.4, 0.5) is 4.39 Å². The van der Waals surface area contributed by atoms with Gasteiger partial charge in [-0.25, -0.2) is 9.38 Å². The van der Waals surface area contributed by atoms with Gasteiger partial charge in [0.25, 0.3) is 5.91 Å². The van der Waals surface area contributed by atoms with Crippen molar-refractivity contribution in [1.82, 2.24) is 5.32 Å². The largest absolute Gasteiger partial charge is 0.298 e. The molecule has 0 aromatic rings. The number of thiocarbonyl (C=S) groups is 1. The second kappa shape index (κ2) is 2.18. The van der Waals surface area contributed by atoms with E-state index in [4.69, 9.17) is 0 Å². The molecule has 1 aliphatic rings. The van der Waals surface area contributed by atoms with E-state index >= 15 is 0 Å². The highest BCUT2D eigenvalue weighted by molar-refractivity contribution is 7.80. The number of rotatable bonds is 0. The first-order valence-electron chi connectivity index (χ1n) is 2.23. The summed E-state index contributed by atoms with van der Waals surface area (Å²) in [6.07, 6.45) is -0.766. The smallest absolute Gasteiger partial charge is 0.266 e. The molecule has 0 bridgehead atoms. The molecule has 9 heavy (non-hydrogen) atoms. The van der Waals surface area contributed by atoms with Gasteiger partial charge in [0.15, 0.2) is 5.11 Å². The van der Waals surface area contributed by atoms with Gasteiger partial charge in [0, 0.05) is 0 Å². The Morgan fingerprint density at radius 2 is 2.56 bits per heavy atom. The van der Waals surface area contributed by atoms with E-state index in [1.54, 1.807) is 0 Å². The maximum atomic E-state index is 12.1. The van der Waals surface area contributed by atoms with Crippen LogP contribution in [0.5, 0.6) is 0 Å². The molecule has 0 aromatic carbocycles. The molecule has 0 aliphatic carbocycles. The summed E-state index contributed by atoms with van der Waals surface area (Å²) in [5.74, 6) is -0.741. The summed E-state index contributed by atoms with van der Waals surface area (Å²) in [4.78, 5) is 13.7. The number of carbonyl (C=O) groups is 1. The standard InChI is InChI=1S/C4H3FN2OS/c5-2-1-6-4(9)7-3(2)8/h1-2H,(H,7,8,9)/t2-/m0/s1. The van der Waals surface area contributed by atoms with E-state index in [-0.39, 0.29) is 5.11 Å². The molecule has 5 heteroatoms. The fourth-order valence-corrected chi connectivity index (χ4v) is 0.569. The van der Waals surface area contributed by atoms with Gasteiger partial charge < -0.3 is 0 Å². The predicted molar refractivity (Wildman–Crippen MR) is 34.1 cm³/mol. The van der Waals surface area contributed by atoms with Crippen LogP contribution in [0, 0.1) is 0 Å². The van der Waals surface area contributed by atoms with Gasteiger partial charge in [-0.3, -0.25) is 10.1 Å². The van der Waals surface area contributed by atoms with Crippen molar-refractivity contribution in [3.05, 3.63) is 0 Å². The minimum Gasteiger partial charge on any atom is -0.298 e. The Morgan fingerprint density at radius 1 is 1.89 bits per heavy atom. The van der Waals surface area contributed by atoms with Crippen molar-refractivity contribution in [1.29, 1.82) is 0 Å². The zero-order valence-electron chi connectivity index (χ0n) is 4.30. The first kappa shape index (κ1) is 6.28. The third-order valence-electron chi connectivity index (χ3n) is 0.803. The number of aliphatic imine (C=N–C) groups is 1. The van der Waals surface area contributed by atoms with Crippen molar-refractivity contribution in [3.63, 3.8) is 0 Å². The summed E-state index contributed by atoms with van der Waals surface area (Å²) in [7, 11) is 0. The first-order valence-corrected chi connectivity index (χ1v) is 2.64. The van der Waals surface area contributed by atoms with E-state index in [2.05, 4.69) is 17.2 Å². The molecule has 1 N–H and O–H groups in total. The third kappa shape index (κ3) is 1.29. The van der Waals surface area contributed by atoms with Crippen LogP contribution in [0.2, 0.25) is 0 Å². The predicted octanol–water partition coefficient (Wildman–Crippen LogP) is -0.190. The van der Waals surface area contributed by atoms with Crippen molar-refractivity contribution in [2.45, 2.75) is 6.17 Å². The van der Waals surface area contributed by atoms with E-state index in [0.717, 1.165) is 6.21 Å². The van der Waals surface area contributed by atoms with E-state index in [9.17, 15) is 9.18 Å². The highest BCUT2D eigenvalue weighted by Gasteiger charge is 2.19. The second-order valence-corrected chi connectivity index (χ2v) is 1.86. The number of nitrogens with one attached hydrogen (secondary N) is 1. The normalized spacial score (nSPS) is 26.1. The Hall–Kier alpha value is -0.840. The maximum absolute atomic E-state index is 12.1. The Balaban J connectivity index is 2.76. The first-order chi connectivity index (χ1) is 4.20. The lowest BCUT2D eigenvalue weighted by molar-refractivity contribution is -0.122. The molecule has 0 unspecified atom stereocenters. The summed E-state index contributed by atoms with van der Waals surface area (Å²) < 4.78 is 12.1. The van der Waals surface area contributed by atoms with Crippen molar-refractivity contribution in [3.8, 4) is 0 Å². The van der Waals surface area contributed by atoms with Crippen LogP contribution in [0.25, 0.3) is 0 Å². The fraction of sp³-hybridized carbons (Fsp3) is 0.250. The molecule has 0 aromatic heterocycles. The zero-order valence-corrected chi connectivity index (χ0v) is 5.11. The fourth-order valence-electron chi connectivity index (χ4n) is 0.407. The van der Waals surface area contributed by atoms with Gasteiger partial charge in [-0.1, -0.05) is 0 Å². The van der Waals surface area contributed by atoms with Gasteiger partial charge in [0.05, 0.1) is 6.21 Å². The van der Waals surface area contributed by atoms with Crippen LogP contribution < -0.4 is 5.32 Å². The molecule has 1 amide bonds. The van der Waals surface area contributed by atoms with Crippen LogP contribution >= 0.6 is 12.2 Å². The molecular weight excluding hydrogens is 143 g/mol. The SMILES string of the molecule is O=C1NC(=S)N=C[C@@H]1F. The van der Waals surface area contributed by atoms with Crippen LogP contribution in [0.3, 0.4) is 0 Å². The Labute approximate surface area is 56.0 Å². The summed E-state index contributed by atoms with van der Waals surface area (Å²) in [5, 5.41) is 2.07. The highest BCUT2D eigenvalue weighted by Crippen LogP contribution is 1.93. The number of halogens is 1. The number of alkyl halides is 1. The van der Waals surface area contributed by atoms with Gasteiger partial charge in [0.2, 0.25) is 6.17 Å². The molecule has 0 radical (unpaired) electrons. The number of nitrogens with zero attached hydrogens (tertiary/aromatic N) is 1. The summed E-state index contributed by atoms with van der Waals surface area (Å²) in [6.45, 7) is 0. The molecule has 0 spiro atoms. The minimum absolute atomic E-state index is 0.0221. The monoisotopic (exact) mass is 146 g/mol. The van der Waals surface area contributed by atoms with E-state index in [1.165, 1.54) is 0 Å². The van der Waals surface area contributed by atoms with Crippen molar-refractivity contribution in [2.75, 3.05) is 0 Å². The van der Waals surface area contributed by atoms with Crippen molar-refractivity contribution < 1.29 is 9.18 Å². The third-order valence-corrected chi connectivity index (χ3v) is 1.01. The molecule has 1 atom stereocenters. The summed E-state index contributed by atoms with van der Waals surface area (Å²) in [5.41, 5.74) is 0. The second-order valence-electron chi connectivity index (χ2n) is 1.47. The molecule has 1 aliphatic heterocycles. The molecular formula is C4H3FN2OS. The lowest BCUT2D eigenvalue weighted by atomic mass is 10.4. The number of amides is 1. The van der Waals surface area contributed by atoms with Gasteiger partial charge in [-0.15, -0.1) is 0 Å². The van der Waals surface area contributed by atoms with Gasteiger partial charge in [-0.2, -0.15) is 0 Å². The summed E-state index contributed by atoms with van der Waals surface area (Å²) in [6, 6.07) is 0. The lowest BCUT2D eigenvalue weighted by Crippen LogP contribution is -2.39. The van der Waals surface area contributed by atoms with Crippen molar-refractivity contribution >= 4 is 29.5 Å². The average molecular weight is 146 g/mol. The molecule has 1 heterocycles. The Morgan fingerprint density at radius 3 is 3.00 bits per heavy atom. The molecule has 0 fully saturated rings. The maximum Gasteiger partial charge on any atom is 0.266 e. The molecule has 1 rings (SSSR count). The Bertz CT molecular complexity index is 191. The quantitative estimate of drug-likeness (QED) is 0.481. The van der Waals surface area contributed by atoms with E-state index < -0.39 is 12.1 Å². The number of carbonyl (C=O) groups excluding carboxylic acids is 1. The number of hydrogen-bond donors (Lipinski definition) is 1. The molecule has 48 valence electrons. The van der Waals surface area contributed by atoms with Crippen LogP contribution in [0.15, 0.2) is 4.99 Å². The van der Waals surface area contributed by atoms with Crippen LogP contribution in [-0.4, -0.2) is 23.4 Å². The molecule has 0 saturated carbocycles. The molecule has 3 nitrogen and oxygen atoms in total. The zero-order chi connectivity index (χ0) is 6.85. The highest BCUT2D eigenvalue weighted by atomic mass is 32.1. The van der Waals surface area contributed by atoms with E-state index in [1.807, 2.05) is 5.32 Å². The van der Waals surface area contributed by atoms with Gasteiger partial charge in [-0.05, 0) is 12.2 Å². The summed E-state index contributed by atoms with van der Waals surface area (Å²) >= 11 is 4.44. The van der Waals surface area contributed by atoms with E-state index in [0.29, 0.717) is 0 Å². The van der Waals surface area contributed by atoms with Gasteiger partial charge in [0.1, 0.15) is 0 Å². The lowest BCUT2D eigenvalue weighted by Gasteiger charge is -2.07.